The normalized spacial score (nSPS) is 13.7. The molecule has 0 spiro atoms. The number of hydroxylamine groups is 1. The van der Waals surface area contributed by atoms with Crippen molar-refractivity contribution in [3.05, 3.63) is 29.6 Å². The van der Waals surface area contributed by atoms with Crippen molar-refractivity contribution in [2.75, 3.05) is 6.61 Å². The van der Waals surface area contributed by atoms with Crippen LogP contribution >= 0.6 is 0 Å². The zero-order chi connectivity index (χ0) is 13.1. The molecule has 0 amide bonds. The van der Waals surface area contributed by atoms with Crippen molar-refractivity contribution in [1.82, 2.24) is 5.48 Å². The number of hydrogen-bond donors (Lipinski definition) is 2. The molecule has 17 heavy (non-hydrogen) atoms. The van der Waals surface area contributed by atoms with Crippen LogP contribution in [0, 0.1) is 5.82 Å². The minimum Gasteiger partial charge on any atom is -0.508 e. The van der Waals surface area contributed by atoms with Crippen molar-refractivity contribution in [3.8, 4) is 5.75 Å². The molecule has 0 fully saturated rings. The summed E-state index contributed by atoms with van der Waals surface area (Å²) in [6.45, 7) is -0.0249. The highest BCUT2D eigenvalue weighted by atomic mass is 19.4. The monoisotopic (exact) mass is 253 g/mol. The van der Waals surface area contributed by atoms with E-state index in [0.717, 1.165) is 6.07 Å². The van der Waals surface area contributed by atoms with E-state index in [1.807, 2.05) is 0 Å². The molecular weight excluding hydrogens is 242 g/mol. The third kappa shape index (κ3) is 4.58. The SMILES string of the molecule is CC(NOCC(F)(F)F)c1ccc(O)cc1F. The van der Waals surface area contributed by atoms with E-state index in [2.05, 4.69) is 10.3 Å². The summed E-state index contributed by atoms with van der Waals surface area (Å²) in [6.07, 6.45) is -4.44. The van der Waals surface area contributed by atoms with Gasteiger partial charge in [-0.2, -0.15) is 18.7 Å². The Morgan fingerprint density at radius 3 is 2.59 bits per heavy atom. The molecule has 0 heterocycles. The molecule has 3 nitrogen and oxygen atoms in total. The summed E-state index contributed by atoms with van der Waals surface area (Å²) in [5, 5.41) is 8.96. The first-order chi connectivity index (χ1) is 7.79. The van der Waals surface area contributed by atoms with Crippen LogP contribution in [0.2, 0.25) is 0 Å². The van der Waals surface area contributed by atoms with Gasteiger partial charge in [0.2, 0.25) is 0 Å². The number of phenolic OH excluding ortho intramolecular Hbond substituents is 1. The highest BCUT2D eigenvalue weighted by Crippen LogP contribution is 2.21. The Kier molecular flexibility index (Phi) is 4.30. The number of halogens is 4. The first-order valence-corrected chi connectivity index (χ1v) is 4.72. The second kappa shape index (κ2) is 5.33. The lowest BCUT2D eigenvalue weighted by Gasteiger charge is -2.15. The van der Waals surface area contributed by atoms with Gasteiger partial charge in [0.15, 0.2) is 6.61 Å². The van der Waals surface area contributed by atoms with Gasteiger partial charge in [-0.25, -0.2) is 4.39 Å². The fourth-order valence-corrected chi connectivity index (χ4v) is 1.18. The van der Waals surface area contributed by atoms with E-state index in [-0.39, 0.29) is 11.3 Å². The standard InChI is InChI=1S/C10H11F4NO2/c1-6(15-17-5-10(12,13)14)8-3-2-7(16)4-9(8)11/h2-4,6,15-16H,5H2,1H3. The summed E-state index contributed by atoms with van der Waals surface area (Å²) in [4.78, 5) is 4.20. The van der Waals surface area contributed by atoms with Gasteiger partial charge in [-0.1, -0.05) is 6.07 Å². The van der Waals surface area contributed by atoms with Crippen LogP contribution in [0.1, 0.15) is 18.5 Å². The Hall–Kier alpha value is -1.34. The maximum atomic E-state index is 13.3. The fraction of sp³-hybridized carbons (Fsp3) is 0.400. The van der Waals surface area contributed by atoms with E-state index in [1.54, 1.807) is 0 Å². The van der Waals surface area contributed by atoms with Gasteiger partial charge in [0, 0.05) is 11.6 Å². The average Bonchev–Trinajstić information content (AvgIpc) is 2.15. The van der Waals surface area contributed by atoms with Crippen molar-refractivity contribution < 1.29 is 27.5 Å². The number of benzene rings is 1. The summed E-state index contributed by atoms with van der Waals surface area (Å²) in [5.41, 5.74) is 2.18. The summed E-state index contributed by atoms with van der Waals surface area (Å²) in [6, 6.07) is 2.61. The molecule has 96 valence electrons. The number of hydrogen-bond acceptors (Lipinski definition) is 3. The Morgan fingerprint density at radius 2 is 2.06 bits per heavy atom. The van der Waals surface area contributed by atoms with Crippen LogP contribution < -0.4 is 5.48 Å². The lowest BCUT2D eigenvalue weighted by atomic mass is 10.1. The first kappa shape index (κ1) is 13.7. The third-order valence-corrected chi connectivity index (χ3v) is 1.95. The van der Waals surface area contributed by atoms with E-state index in [4.69, 9.17) is 5.11 Å². The highest BCUT2D eigenvalue weighted by molar-refractivity contribution is 5.29. The van der Waals surface area contributed by atoms with E-state index in [1.165, 1.54) is 19.1 Å². The third-order valence-electron chi connectivity index (χ3n) is 1.95. The largest absolute Gasteiger partial charge is 0.508 e. The van der Waals surface area contributed by atoms with Gasteiger partial charge in [0.05, 0.1) is 6.04 Å². The zero-order valence-corrected chi connectivity index (χ0v) is 8.88. The number of phenols is 1. The number of nitrogens with one attached hydrogen (secondary N) is 1. The van der Waals surface area contributed by atoms with Gasteiger partial charge < -0.3 is 5.11 Å². The van der Waals surface area contributed by atoms with Gasteiger partial charge in [-0.05, 0) is 13.0 Å². The molecule has 1 atom stereocenters. The topological polar surface area (TPSA) is 41.5 Å². The van der Waals surface area contributed by atoms with Crippen LogP contribution in [0.5, 0.6) is 5.75 Å². The maximum Gasteiger partial charge on any atom is 0.413 e. The van der Waals surface area contributed by atoms with Crippen molar-refractivity contribution in [1.29, 1.82) is 0 Å². The lowest BCUT2D eigenvalue weighted by Crippen LogP contribution is -2.27. The molecule has 2 N–H and O–H groups in total. The predicted octanol–water partition coefficient (Wildman–Crippen LogP) is 2.68. The lowest BCUT2D eigenvalue weighted by molar-refractivity contribution is -0.192. The van der Waals surface area contributed by atoms with Crippen molar-refractivity contribution in [2.45, 2.75) is 19.1 Å². The molecule has 1 aromatic carbocycles. The van der Waals surface area contributed by atoms with Crippen molar-refractivity contribution in [3.63, 3.8) is 0 Å². The molecule has 1 unspecified atom stereocenters. The van der Waals surface area contributed by atoms with Gasteiger partial charge in [-0.3, -0.25) is 4.84 Å². The fourth-order valence-electron chi connectivity index (χ4n) is 1.18. The summed E-state index contributed by atoms with van der Waals surface area (Å²) >= 11 is 0. The van der Waals surface area contributed by atoms with Crippen LogP contribution in [0.25, 0.3) is 0 Å². The number of alkyl halides is 3. The maximum absolute atomic E-state index is 13.3. The molecule has 1 aromatic rings. The van der Waals surface area contributed by atoms with E-state index in [9.17, 15) is 17.6 Å². The van der Waals surface area contributed by atoms with Gasteiger partial charge >= 0.3 is 6.18 Å². The second-order valence-electron chi connectivity index (χ2n) is 3.45. The van der Waals surface area contributed by atoms with Crippen molar-refractivity contribution >= 4 is 0 Å². The molecule has 0 aliphatic rings. The molecular formula is C10H11F4NO2. The first-order valence-electron chi connectivity index (χ1n) is 4.72. The smallest absolute Gasteiger partial charge is 0.413 e. The minimum atomic E-state index is -4.44. The molecule has 0 aliphatic carbocycles. The van der Waals surface area contributed by atoms with Gasteiger partial charge in [0.1, 0.15) is 11.6 Å². The van der Waals surface area contributed by atoms with Crippen LogP contribution in [-0.4, -0.2) is 17.9 Å². The van der Waals surface area contributed by atoms with Crippen LogP contribution in [0.3, 0.4) is 0 Å². The molecule has 0 saturated carbocycles. The summed E-state index contributed by atoms with van der Waals surface area (Å²) in [5.74, 6) is -0.977. The molecule has 0 bridgehead atoms. The molecule has 7 heteroatoms. The summed E-state index contributed by atoms with van der Waals surface area (Å²) in [7, 11) is 0. The number of aromatic hydroxyl groups is 1. The number of rotatable bonds is 4. The van der Waals surface area contributed by atoms with Gasteiger partial charge in [-0.15, -0.1) is 0 Å². The quantitative estimate of drug-likeness (QED) is 0.640. The van der Waals surface area contributed by atoms with E-state index >= 15 is 0 Å². The van der Waals surface area contributed by atoms with Crippen LogP contribution in [0.4, 0.5) is 17.6 Å². The van der Waals surface area contributed by atoms with E-state index < -0.39 is 24.6 Å². The predicted molar refractivity (Wildman–Crippen MR) is 51.6 cm³/mol. The van der Waals surface area contributed by atoms with Crippen LogP contribution in [-0.2, 0) is 4.84 Å². The van der Waals surface area contributed by atoms with E-state index in [0.29, 0.717) is 0 Å². The zero-order valence-electron chi connectivity index (χ0n) is 8.88. The summed E-state index contributed by atoms with van der Waals surface area (Å²) < 4.78 is 48.6. The highest BCUT2D eigenvalue weighted by Gasteiger charge is 2.28. The average molecular weight is 253 g/mol. The molecule has 0 radical (unpaired) electrons. The molecule has 0 aliphatic heterocycles. The second-order valence-corrected chi connectivity index (χ2v) is 3.45. The minimum absolute atomic E-state index is 0.102. The van der Waals surface area contributed by atoms with Gasteiger partial charge in [0.25, 0.3) is 0 Å². The molecule has 0 saturated heterocycles. The Labute approximate surface area is 95.0 Å². The Bertz CT molecular complexity index is 381. The molecule has 0 aromatic heterocycles. The van der Waals surface area contributed by atoms with Crippen LogP contribution in [0.15, 0.2) is 18.2 Å². The molecule has 1 rings (SSSR count). The Balaban J connectivity index is 2.55. The van der Waals surface area contributed by atoms with Crippen molar-refractivity contribution in [2.24, 2.45) is 0 Å². The Morgan fingerprint density at radius 1 is 1.41 bits per heavy atom.